The van der Waals surface area contributed by atoms with Gasteiger partial charge in [0.15, 0.2) is 0 Å². The summed E-state index contributed by atoms with van der Waals surface area (Å²) >= 11 is 5.94. The zero-order chi connectivity index (χ0) is 15.8. The van der Waals surface area contributed by atoms with Gasteiger partial charge < -0.3 is 5.32 Å². The molecule has 0 amide bonds. The van der Waals surface area contributed by atoms with E-state index < -0.39 is 15.8 Å². The first kappa shape index (κ1) is 16.7. The average molecular weight is 335 g/mol. The Kier molecular flexibility index (Phi) is 4.92. The number of halogens is 2. The van der Waals surface area contributed by atoms with Gasteiger partial charge in [0.1, 0.15) is 5.82 Å². The molecule has 0 heterocycles. The van der Waals surface area contributed by atoms with Crippen LogP contribution in [0.4, 0.5) is 4.39 Å². The Bertz CT molecular complexity index is 630. The fraction of sp³-hybridized carbons (Fsp3) is 0.571. The van der Waals surface area contributed by atoms with Crippen LogP contribution in [0.5, 0.6) is 0 Å². The average Bonchev–Trinajstić information content (AvgIpc) is 3.23. The van der Waals surface area contributed by atoms with E-state index in [0.29, 0.717) is 18.2 Å². The highest BCUT2D eigenvalue weighted by atomic mass is 35.5. The number of hydrogen-bond donors (Lipinski definition) is 1. The van der Waals surface area contributed by atoms with Gasteiger partial charge in [-0.1, -0.05) is 11.6 Å². The lowest BCUT2D eigenvalue weighted by Crippen LogP contribution is -2.33. The second-order valence-corrected chi connectivity index (χ2v) is 8.02. The van der Waals surface area contributed by atoms with E-state index in [9.17, 15) is 12.8 Å². The molecule has 118 valence electrons. The molecule has 4 nitrogen and oxygen atoms in total. The summed E-state index contributed by atoms with van der Waals surface area (Å²) in [6.45, 7) is 3.90. The van der Waals surface area contributed by atoms with Crippen LogP contribution in [0.25, 0.3) is 0 Å². The topological polar surface area (TPSA) is 49.4 Å². The van der Waals surface area contributed by atoms with Gasteiger partial charge in [-0.2, -0.15) is 4.31 Å². The molecule has 0 spiro atoms. The Hall–Kier alpha value is -0.690. The summed E-state index contributed by atoms with van der Waals surface area (Å²) in [5.74, 6) is -0.706. The van der Waals surface area contributed by atoms with Crippen molar-refractivity contribution in [1.29, 1.82) is 0 Å². The van der Waals surface area contributed by atoms with Crippen molar-refractivity contribution in [3.63, 3.8) is 0 Å². The van der Waals surface area contributed by atoms with Crippen LogP contribution in [0.1, 0.15) is 32.3 Å². The molecule has 0 atom stereocenters. The number of benzene rings is 1. The van der Waals surface area contributed by atoms with Gasteiger partial charge in [0.2, 0.25) is 10.0 Å². The van der Waals surface area contributed by atoms with Crippen molar-refractivity contribution < 1.29 is 12.8 Å². The van der Waals surface area contributed by atoms with Gasteiger partial charge in [0.05, 0.1) is 9.92 Å². The third kappa shape index (κ3) is 3.74. The van der Waals surface area contributed by atoms with Crippen LogP contribution >= 0.6 is 11.6 Å². The second-order valence-electron chi connectivity index (χ2n) is 5.65. The quantitative estimate of drug-likeness (QED) is 0.870. The zero-order valence-electron chi connectivity index (χ0n) is 12.4. The van der Waals surface area contributed by atoms with Gasteiger partial charge in [-0.25, -0.2) is 12.8 Å². The lowest BCUT2D eigenvalue weighted by atomic mass is 10.2. The summed E-state index contributed by atoms with van der Waals surface area (Å²) in [5, 5.41) is 3.19. The molecule has 0 radical (unpaired) electrons. The molecule has 1 aromatic rings. The number of hydrogen-bond acceptors (Lipinski definition) is 3. The van der Waals surface area contributed by atoms with Crippen molar-refractivity contribution in [2.24, 2.45) is 0 Å². The number of rotatable bonds is 6. The summed E-state index contributed by atoms with van der Waals surface area (Å²) in [6, 6.07) is 2.66. The Labute approximate surface area is 130 Å². The van der Waals surface area contributed by atoms with Crippen molar-refractivity contribution in [3.8, 4) is 0 Å². The normalized spacial score (nSPS) is 16.0. The molecular formula is C14H20ClFN2O2S. The minimum atomic E-state index is -3.72. The van der Waals surface area contributed by atoms with Crippen LogP contribution in [0.15, 0.2) is 17.0 Å². The molecule has 1 saturated carbocycles. The molecule has 1 fully saturated rings. The van der Waals surface area contributed by atoms with Crippen LogP contribution < -0.4 is 5.32 Å². The van der Waals surface area contributed by atoms with Crippen molar-refractivity contribution in [1.82, 2.24) is 9.62 Å². The van der Waals surface area contributed by atoms with Crippen LogP contribution in [0.2, 0.25) is 5.02 Å². The van der Waals surface area contributed by atoms with Crippen LogP contribution in [0, 0.1) is 5.82 Å². The molecule has 2 rings (SSSR count). The predicted molar refractivity (Wildman–Crippen MR) is 81.4 cm³/mol. The lowest BCUT2D eigenvalue weighted by Gasteiger charge is -2.21. The highest BCUT2D eigenvalue weighted by molar-refractivity contribution is 7.89. The molecule has 7 heteroatoms. The van der Waals surface area contributed by atoms with Gasteiger partial charge in [-0.05, 0) is 44.4 Å². The number of sulfonamides is 1. The number of nitrogens with zero attached hydrogens (tertiary/aromatic N) is 1. The van der Waals surface area contributed by atoms with Crippen molar-refractivity contribution in [3.05, 3.63) is 28.5 Å². The van der Waals surface area contributed by atoms with E-state index in [1.807, 2.05) is 0 Å². The summed E-state index contributed by atoms with van der Waals surface area (Å²) in [7, 11) is -2.24. The van der Waals surface area contributed by atoms with Gasteiger partial charge in [-0.3, -0.25) is 0 Å². The lowest BCUT2D eigenvalue weighted by molar-refractivity contribution is 0.410. The van der Waals surface area contributed by atoms with Crippen molar-refractivity contribution in [2.45, 2.75) is 50.2 Å². The summed E-state index contributed by atoms with van der Waals surface area (Å²) in [5.41, 5.74) is 0.472. The molecule has 1 aliphatic rings. The first-order valence-electron chi connectivity index (χ1n) is 6.93. The maximum Gasteiger partial charge on any atom is 0.243 e. The smallest absolute Gasteiger partial charge is 0.243 e. The SMILES string of the molecule is CC(C)N(C)S(=O)(=O)c1cc(F)c(Cl)c(CNC2CC2)c1. The molecule has 1 aromatic carbocycles. The first-order valence-corrected chi connectivity index (χ1v) is 8.74. The standard InChI is InChI=1S/C14H20ClFN2O2S/c1-9(2)18(3)21(19,20)12-6-10(8-17-11-4-5-11)14(15)13(16)7-12/h6-7,9,11,17H,4-5,8H2,1-3H3. The second kappa shape index (κ2) is 6.20. The molecule has 0 aromatic heterocycles. The van der Waals surface area contributed by atoms with Crippen LogP contribution in [0.3, 0.4) is 0 Å². The molecular weight excluding hydrogens is 315 g/mol. The summed E-state index contributed by atoms with van der Waals surface area (Å²) in [6.07, 6.45) is 2.18. The minimum Gasteiger partial charge on any atom is -0.310 e. The Morgan fingerprint density at radius 1 is 1.43 bits per heavy atom. The maximum atomic E-state index is 13.9. The van der Waals surface area contributed by atoms with Gasteiger partial charge in [0.25, 0.3) is 0 Å². The molecule has 21 heavy (non-hydrogen) atoms. The Balaban J connectivity index is 2.35. The van der Waals surface area contributed by atoms with E-state index in [4.69, 9.17) is 11.6 Å². The van der Waals surface area contributed by atoms with E-state index in [0.717, 1.165) is 18.9 Å². The fourth-order valence-electron chi connectivity index (χ4n) is 1.88. The van der Waals surface area contributed by atoms with E-state index in [1.54, 1.807) is 13.8 Å². The van der Waals surface area contributed by atoms with Gasteiger partial charge in [0, 0.05) is 25.7 Å². The fourth-order valence-corrected chi connectivity index (χ4v) is 3.49. The maximum absolute atomic E-state index is 13.9. The van der Waals surface area contributed by atoms with Crippen molar-refractivity contribution in [2.75, 3.05) is 7.05 Å². The van der Waals surface area contributed by atoms with Gasteiger partial charge in [-0.15, -0.1) is 0 Å². The van der Waals surface area contributed by atoms with Crippen LogP contribution in [-0.2, 0) is 16.6 Å². The minimum absolute atomic E-state index is 0.0192. The van der Waals surface area contributed by atoms with E-state index >= 15 is 0 Å². The highest BCUT2D eigenvalue weighted by Crippen LogP contribution is 2.27. The highest BCUT2D eigenvalue weighted by Gasteiger charge is 2.26. The molecule has 0 bridgehead atoms. The molecule has 0 unspecified atom stereocenters. The summed E-state index contributed by atoms with van der Waals surface area (Å²) < 4.78 is 40.0. The molecule has 1 aliphatic carbocycles. The zero-order valence-corrected chi connectivity index (χ0v) is 13.9. The summed E-state index contributed by atoms with van der Waals surface area (Å²) in [4.78, 5) is -0.0619. The van der Waals surface area contributed by atoms with E-state index in [1.165, 1.54) is 17.4 Å². The third-order valence-corrected chi connectivity index (χ3v) is 6.07. The predicted octanol–water partition coefficient (Wildman–Crippen LogP) is 2.76. The Morgan fingerprint density at radius 2 is 2.05 bits per heavy atom. The van der Waals surface area contributed by atoms with Crippen molar-refractivity contribution >= 4 is 21.6 Å². The van der Waals surface area contributed by atoms with E-state index in [-0.39, 0.29) is 16.0 Å². The largest absolute Gasteiger partial charge is 0.310 e. The first-order chi connectivity index (χ1) is 9.73. The third-order valence-electron chi connectivity index (χ3n) is 3.64. The van der Waals surface area contributed by atoms with Crippen LogP contribution in [-0.4, -0.2) is 31.9 Å². The van der Waals surface area contributed by atoms with E-state index in [2.05, 4.69) is 5.32 Å². The molecule has 0 saturated heterocycles. The Morgan fingerprint density at radius 3 is 2.57 bits per heavy atom. The molecule has 1 N–H and O–H groups in total. The van der Waals surface area contributed by atoms with Gasteiger partial charge >= 0.3 is 0 Å². The monoisotopic (exact) mass is 334 g/mol. The molecule has 0 aliphatic heterocycles. The number of nitrogens with one attached hydrogen (secondary N) is 1.